The van der Waals surface area contributed by atoms with E-state index in [0.29, 0.717) is 12.2 Å². The molecule has 0 aliphatic carbocycles. The summed E-state index contributed by atoms with van der Waals surface area (Å²) in [5, 5.41) is 0. The number of ether oxygens (including phenoxy) is 1. The molecule has 0 fully saturated rings. The van der Waals surface area contributed by atoms with E-state index in [9.17, 15) is 8.78 Å². The van der Waals surface area contributed by atoms with Crippen molar-refractivity contribution < 1.29 is 13.5 Å². The van der Waals surface area contributed by atoms with Crippen LogP contribution < -0.4 is 0 Å². The molecular weight excluding hydrogens is 254 g/mol. The molecule has 0 atom stereocenters. The van der Waals surface area contributed by atoms with Crippen LogP contribution in [0.5, 0.6) is 0 Å². The van der Waals surface area contributed by atoms with Gasteiger partial charge in [-0.15, -0.1) is 6.58 Å². The standard InChI is InChI=1S/C10H9BrF2O/c1-2-3-14-6-7-4-8(11)10(13)5-9(7)12/h2,4-5H,1,3,6H2. The van der Waals surface area contributed by atoms with Gasteiger partial charge in [0.25, 0.3) is 0 Å². The molecule has 1 nitrogen and oxygen atoms in total. The lowest BCUT2D eigenvalue weighted by Crippen LogP contribution is -1.97. The van der Waals surface area contributed by atoms with Gasteiger partial charge in [0, 0.05) is 11.6 Å². The Hall–Kier alpha value is -0.740. The zero-order chi connectivity index (χ0) is 10.6. The van der Waals surface area contributed by atoms with Crippen molar-refractivity contribution in [1.29, 1.82) is 0 Å². The minimum Gasteiger partial charge on any atom is -0.373 e. The number of halogens is 3. The van der Waals surface area contributed by atoms with E-state index in [1.165, 1.54) is 6.07 Å². The van der Waals surface area contributed by atoms with Gasteiger partial charge >= 0.3 is 0 Å². The van der Waals surface area contributed by atoms with Crippen molar-refractivity contribution in [3.8, 4) is 0 Å². The van der Waals surface area contributed by atoms with E-state index >= 15 is 0 Å². The van der Waals surface area contributed by atoms with Gasteiger partial charge in [-0.05, 0) is 22.0 Å². The Kier molecular flexibility index (Phi) is 4.22. The molecule has 0 unspecified atom stereocenters. The summed E-state index contributed by atoms with van der Waals surface area (Å²) >= 11 is 2.97. The van der Waals surface area contributed by atoms with Crippen molar-refractivity contribution in [2.24, 2.45) is 0 Å². The lowest BCUT2D eigenvalue weighted by molar-refractivity contribution is 0.146. The molecule has 0 saturated heterocycles. The van der Waals surface area contributed by atoms with Gasteiger partial charge in [-0.25, -0.2) is 8.78 Å². The zero-order valence-corrected chi connectivity index (χ0v) is 8.98. The fourth-order valence-electron chi connectivity index (χ4n) is 0.927. The molecule has 0 aliphatic rings. The highest BCUT2D eigenvalue weighted by Gasteiger charge is 2.07. The highest BCUT2D eigenvalue weighted by molar-refractivity contribution is 9.10. The number of hydrogen-bond acceptors (Lipinski definition) is 1. The van der Waals surface area contributed by atoms with Crippen molar-refractivity contribution in [3.05, 3.63) is 46.5 Å². The summed E-state index contributed by atoms with van der Waals surface area (Å²) in [7, 11) is 0. The average molecular weight is 263 g/mol. The largest absolute Gasteiger partial charge is 0.373 e. The summed E-state index contributed by atoms with van der Waals surface area (Å²) in [5.74, 6) is -1.22. The van der Waals surface area contributed by atoms with Gasteiger partial charge in [0.15, 0.2) is 0 Å². The Balaban J connectivity index is 2.76. The molecule has 4 heteroatoms. The van der Waals surface area contributed by atoms with E-state index in [1.807, 2.05) is 0 Å². The highest BCUT2D eigenvalue weighted by Crippen LogP contribution is 2.20. The average Bonchev–Trinajstić information content (AvgIpc) is 2.14. The van der Waals surface area contributed by atoms with Gasteiger partial charge in [-0.2, -0.15) is 0 Å². The predicted octanol–water partition coefficient (Wildman–Crippen LogP) is 3.43. The molecule has 0 amide bonds. The van der Waals surface area contributed by atoms with Crippen molar-refractivity contribution >= 4 is 15.9 Å². The predicted molar refractivity (Wildman–Crippen MR) is 53.9 cm³/mol. The molecule has 0 spiro atoms. The molecule has 76 valence electrons. The SMILES string of the molecule is C=CCOCc1cc(Br)c(F)cc1F. The van der Waals surface area contributed by atoms with Crippen LogP contribution in [0.4, 0.5) is 8.78 Å². The van der Waals surface area contributed by atoms with Gasteiger partial charge in [0.05, 0.1) is 17.7 Å². The normalized spacial score (nSPS) is 10.2. The summed E-state index contributed by atoms with van der Waals surface area (Å²) in [6, 6.07) is 2.20. The van der Waals surface area contributed by atoms with Crippen molar-refractivity contribution in [2.45, 2.75) is 6.61 Å². The molecule has 1 rings (SSSR count). The molecule has 0 heterocycles. The van der Waals surface area contributed by atoms with Gasteiger partial charge in [-0.1, -0.05) is 6.08 Å². The molecule has 0 N–H and O–H groups in total. The first-order chi connectivity index (χ1) is 6.65. The van der Waals surface area contributed by atoms with E-state index in [0.717, 1.165) is 6.07 Å². The van der Waals surface area contributed by atoms with Crippen molar-refractivity contribution in [2.75, 3.05) is 6.61 Å². The molecule has 0 radical (unpaired) electrons. The Morgan fingerprint density at radius 1 is 1.36 bits per heavy atom. The third kappa shape index (κ3) is 2.89. The summed E-state index contributed by atoms with van der Waals surface area (Å²) in [4.78, 5) is 0. The smallest absolute Gasteiger partial charge is 0.140 e. The van der Waals surface area contributed by atoms with Crippen LogP contribution in [0.2, 0.25) is 0 Å². The summed E-state index contributed by atoms with van der Waals surface area (Å²) in [6.07, 6.45) is 1.57. The number of hydrogen-bond donors (Lipinski definition) is 0. The van der Waals surface area contributed by atoms with Crippen LogP contribution in [-0.4, -0.2) is 6.61 Å². The second-order valence-corrected chi connectivity index (χ2v) is 3.52. The van der Waals surface area contributed by atoms with E-state index in [4.69, 9.17) is 4.74 Å². The van der Waals surface area contributed by atoms with Crippen molar-refractivity contribution in [1.82, 2.24) is 0 Å². The summed E-state index contributed by atoms with van der Waals surface area (Å²) in [5.41, 5.74) is 0.320. The van der Waals surface area contributed by atoms with Gasteiger partial charge < -0.3 is 4.74 Å². The molecule has 0 saturated carbocycles. The summed E-state index contributed by atoms with van der Waals surface area (Å²) in [6.45, 7) is 3.91. The van der Waals surface area contributed by atoms with Crippen LogP contribution in [-0.2, 0) is 11.3 Å². The van der Waals surface area contributed by atoms with Crippen molar-refractivity contribution in [3.63, 3.8) is 0 Å². The fraction of sp³-hybridized carbons (Fsp3) is 0.200. The first-order valence-corrected chi connectivity index (χ1v) is 4.76. The highest BCUT2D eigenvalue weighted by atomic mass is 79.9. The fourth-order valence-corrected chi connectivity index (χ4v) is 1.32. The molecule has 0 aliphatic heterocycles. The van der Waals surface area contributed by atoms with E-state index in [2.05, 4.69) is 22.5 Å². The first kappa shape index (κ1) is 11.3. The van der Waals surface area contributed by atoms with Crippen LogP contribution in [0.25, 0.3) is 0 Å². The lowest BCUT2D eigenvalue weighted by Gasteiger charge is -2.04. The molecule has 14 heavy (non-hydrogen) atoms. The van der Waals surface area contributed by atoms with E-state index in [-0.39, 0.29) is 11.1 Å². The van der Waals surface area contributed by atoms with Crippen LogP contribution in [0.3, 0.4) is 0 Å². The maximum Gasteiger partial charge on any atom is 0.140 e. The maximum absolute atomic E-state index is 13.1. The molecular formula is C10H9BrF2O. The second kappa shape index (κ2) is 5.22. The molecule has 1 aromatic rings. The summed E-state index contributed by atoms with van der Waals surface area (Å²) < 4.78 is 31.2. The van der Waals surface area contributed by atoms with Crippen LogP contribution in [0.1, 0.15) is 5.56 Å². The van der Waals surface area contributed by atoms with Crippen LogP contribution >= 0.6 is 15.9 Å². The third-order valence-corrected chi connectivity index (χ3v) is 2.19. The number of benzene rings is 1. The number of rotatable bonds is 4. The van der Waals surface area contributed by atoms with Gasteiger partial charge in [0.1, 0.15) is 11.6 Å². The Bertz CT molecular complexity index is 339. The topological polar surface area (TPSA) is 9.23 Å². The Labute approximate surface area is 89.5 Å². The minimum absolute atomic E-state index is 0.108. The second-order valence-electron chi connectivity index (χ2n) is 2.66. The van der Waals surface area contributed by atoms with E-state index in [1.54, 1.807) is 6.08 Å². The third-order valence-electron chi connectivity index (χ3n) is 1.58. The first-order valence-electron chi connectivity index (χ1n) is 3.97. The Morgan fingerprint density at radius 3 is 2.71 bits per heavy atom. The molecule has 0 bridgehead atoms. The van der Waals surface area contributed by atoms with Crippen LogP contribution in [0, 0.1) is 11.6 Å². The maximum atomic E-state index is 13.1. The molecule has 0 aromatic heterocycles. The van der Waals surface area contributed by atoms with Gasteiger partial charge in [-0.3, -0.25) is 0 Å². The van der Waals surface area contributed by atoms with Gasteiger partial charge in [0.2, 0.25) is 0 Å². The molecule has 1 aromatic carbocycles. The van der Waals surface area contributed by atoms with Crippen LogP contribution in [0.15, 0.2) is 29.3 Å². The quantitative estimate of drug-likeness (QED) is 0.459. The Morgan fingerprint density at radius 2 is 2.07 bits per heavy atom. The van der Waals surface area contributed by atoms with E-state index < -0.39 is 11.6 Å². The monoisotopic (exact) mass is 262 g/mol. The lowest BCUT2D eigenvalue weighted by atomic mass is 10.2. The zero-order valence-electron chi connectivity index (χ0n) is 7.40. The minimum atomic E-state index is -0.616.